The van der Waals surface area contributed by atoms with Gasteiger partial charge in [0, 0.05) is 0 Å². The molecule has 0 aromatic heterocycles. The third kappa shape index (κ3) is 3.43. The van der Waals surface area contributed by atoms with Crippen LogP contribution in [0.25, 0.3) is 6.08 Å². The Balaban J connectivity index is 2.17. The van der Waals surface area contributed by atoms with Crippen LogP contribution in [0.15, 0.2) is 29.2 Å². The Hall–Kier alpha value is -2.28. The molecule has 1 heterocycles. The van der Waals surface area contributed by atoms with E-state index in [0.29, 0.717) is 5.75 Å². The fourth-order valence-electron chi connectivity index (χ4n) is 1.68. The first-order valence-electron chi connectivity index (χ1n) is 6.01. The summed E-state index contributed by atoms with van der Waals surface area (Å²) < 4.78 is 9.50. The van der Waals surface area contributed by atoms with Crippen LogP contribution in [0.1, 0.15) is 5.56 Å². The molecule has 0 bridgehead atoms. The molecule has 110 valence electrons. The zero-order valence-corrected chi connectivity index (χ0v) is 12.3. The highest BCUT2D eigenvalue weighted by molar-refractivity contribution is 8.18. The van der Waals surface area contributed by atoms with Gasteiger partial charge in [0.25, 0.3) is 11.1 Å². The van der Waals surface area contributed by atoms with Crippen LogP contribution in [0.3, 0.4) is 0 Å². The summed E-state index contributed by atoms with van der Waals surface area (Å²) in [6.07, 6.45) is 1.60. The van der Waals surface area contributed by atoms with Crippen molar-refractivity contribution in [3.8, 4) is 5.75 Å². The van der Waals surface area contributed by atoms with Crippen LogP contribution in [0.5, 0.6) is 5.75 Å². The number of ether oxygens (including phenoxy) is 2. The van der Waals surface area contributed by atoms with Crippen LogP contribution in [0.4, 0.5) is 4.79 Å². The Morgan fingerprint density at radius 2 is 1.90 bits per heavy atom. The van der Waals surface area contributed by atoms with E-state index in [1.807, 2.05) is 0 Å². The molecule has 21 heavy (non-hydrogen) atoms. The van der Waals surface area contributed by atoms with Crippen molar-refractivity contribution in [3.63, 3.8) is 0 Å². The number of benzene rings is 1. The van der Waals surface area contributed by atoms with Crippen molar-refractivity contribution >= 4 is 35.0 Å². The zero-order chi connectivity index (χ0) is 15.4. The van der Waals surface area contributed by atoms with Crippen molar-refractivity contribution in [2.24, 2.45) is 0 Å². The van der Waals surface area contributed by atoms with Crippen LogP contribution in [0, 0.1) is 0 Å². The molecule has 2 rings (SSSR count). The van der Waals surface area contributed by atoms with Crippen LogP contribution in [-0.4, -0.2) is 42.8 Å². The molecule has 1 aliphatic heterocycles. The number of hydrogen-bond acceptors (Lipinski definition) is 6. The van der Waals surface area contributed by atoms with E-state index in [1.54, 1.807) is 37.5 Å². The third-order valence-electron chi connectivity index (χ3n) is 2.80. The maximum absolute atomic E-state index is 12.1. The number of esters is 1. The molecule has 1 fully saturated rings. The van der Waals surface area contributed by atoms with Crippen molar-refractivity contribution in [2.45, 2.75) is 0 Å². The summed E-state index contributed by atoms with van der Waals surface area (Å²) in [4.78, 5) is 36.1. The molecule has 0 spiro atoms. The number of carbonyl (C=O) groups is 3. The third-order valence-corrected chi connectivity index (χ3v) is 3.71. The molecular weight excluding hydrogens is 294 g/mol. The maximum Gasteiger partial charge on any atom is 0.325 e. The van der Waals surface area contributed by atoms with Gasteiger partial charge in [0.05, 0.1) is 19.1 Å². The molecule has 1 saturated heterocycles. The van der Waals surface area contributed by atoms with E-state index in [4.69, 9.17) is 4.74 Å². The lowest BCUT2D eigenvalue weighted by atomic mass is 10.2. The summed E-state index contributed by atoms with van der Waals surface area (Å²) in [6, 6.07) is 7.05. The number of thioether (sulfide) groups is 1. The van der Waals surface area contributed by atoms with Crippen LogP contribution >= 0.6 is 11.8 Å². The van der Waals surface area contributed by atoms with Gasteiger partial charge in [-0.15, -0.1) is 0 Å². The topological polar surface area (TPSA) is 72.9 Å². The summed E-state index contributed by atoms with van der Waals surface area (Å²) in [5, 5.41) is -0.481. The predicted molar refractivity (Wildman–Crippen MR) is 77.7 cm³/mol. The van der Waals surface area contributed by atoms with Gasteiger partial charge in [0.2, 0.25) is 0 Å². The molecule has 6 nitrogen and oxygen atoms in total. The fraction of sp³-hybridized carbons (Fsp3) is 0.214. The van der Waals surface area contributed by atoms with E-state index < -0.39 is 17.1 Å². The molecule has 0 N–H and O–H groups in total. The molecule has 1 aliphatic rings. The fourth-order valence-corrected chi connectivity index (χ4v) is 2.52. The Bertz CT molecular complexity index is 608. The lowest BCUT2D eigenvalue weighted by molar-refractivity contribution is -0.143. The van der Waals surface area contributed by atoms with Gasteiger partial charge in [0.1, 0.15) is 12.3 Å². The highest BCUT2D eigenvalue weighted by Gasteiger charge is 2.36. The minimum Gasteiger partial charge on any atom is -0.497 e. The van der Waals surface area contributed by atoms with E-state index in [2.05, 4.69) is 4.74 Å². The molecule has 1 aromatic rings. The standard InChI is InChI=1S/C14H13NO5S/c1-19-10-5-3-9(4-6-10)7-11-13(17)15(14(18)21-11)8-12(16)20-2/h3-7H,8H2,1-2H3/b11-7+. The highest BCUT2D eigenvalue weighted by Crippen LogP contribution is 2.32. The Morgan fingerprint density at radius 3 is 2.48 bits per heavy atom. The van der Waals surface area contributed by atoms with Gasteiger partial charge in [-0.05, 0) is 35.5 Å². The minimum absolute atomic E-state index is 0.272. The second kappa shape index (κ2) is 6.45. The van der Waals surface area contributed by atoms with Crippen molar-refractivity contribution in [1.29, 1.82) is 0 Å². The van der Waals surface area contributed by atoms with Gasteiger partial charge >= 0.3 is 5.97 Å². The van der Waals surface area contributed by atoms with E-state index in [-0.39, 0.29) is 11.4 Å². The zero-order valence-electron chi connectivity index (χ0n) is 11.5. The summed E-state index contributed by atoms with van der Waals surface area (Å²) in [5.74, 6) is -0.430. The Kier molecular flexibility index (Phi) is 4.64. The molecule has 1 aromatic carbocycles. The first kappa shape index (κ1) is 15.1. The number of rotatable bonds is 4. The molecule has 2 amide bonds. The Morgan fingerprint density at radius 1 is 1.24 bits per heavy atom. The predicted octanol–water partition coefficient (Wildman–Crippen LogP) is 1.90. The largest absolute Gasteiger partial charge is 0.497 e. The number of methoxy groups -OCH3 is 2. The second-order valence-electron chi connectivity index (χ2n) is 4.12. The lowest BCUT2D eigenvalue weighted by Gasteiger charge is -2.09. The molecule has 0 radical (unpaired) electrons. The van der Waals surface area contributed by atoms with Crippen LogP contribution in [0.2, 0.25) is 0 Å². The SMILES string of the molecule is COC(=O)CN1C(=O)S/C(=C/c2ccc(OC)cc2)C1=O. The average molecular weight is 307 g/mol. The van der Waals surface area contributed by atoms with E-state index >= 15 is 0 Å². The van der Waals surface area contributed by atoms with Crippen molar-refractivity contribution in [3.05, 3.63) is 34.7 Å². The maximum atomic E-state index is 12.1. The Labute approximate surface area is 125 Å². The second-order valence-corrected chi connectivity index (χ2v) is 5.11. The minimum atomic E-state index is -0.636. The monoisotopic (exact) mass is 307 g/mol. The summed E-state index contributed by atoms with van der Waals surface area (Å²) >= 11 is 0.799. The van der Waals surface area contributed by atoms with E-state index in [9.17, 15) is 14.4 Å². The van der Waals surface area contributed by atoms with E-state index in [0.717, 1.165) is 22.2 Å². The van der Waals surface area contributed by atoms with Gasteiger partial charge in [-0.3, -0.25) is 19.3 Å². The first-order valence-corrected chi connectivity index (χ1v) is 6.83. The molecule has 0 atom stereocenters. The van der Waals surface area contributed by atoms with Gasteiger partial charge in [0.15, 0.2) is 0 Å². The van der Waals surface area contributed by atoms with Gasteiger partial charge in [-0.25, -0.2) is 0 Å². The number of nitrogens with zero attached hydrogens (tertiary/aromatic N) is 1. The summed E-state index contributed by atoms with van der Waals surface area (Å²) in [5.41, 5.74) is 0.763. The lowest BCUT2D eigenvalue weighted by Crippen LogP contribution is -2.34. The number of amides is 2. The average Bonchev–Trinajstić information content (AvgIpc) is 2.75. The van der Waals surface area contributed by atoms with Gasteiger partial charge in [-0.1, -0.05) is 12.1 Å². The molecule has 0 saturated carbocycles. The van der Waals surface area contributed by atoms with Gasteiger partial charge < -0.3 is 9.47 Å². The van der Waals surface area contributed by atoms with Crippen molar-refractivity contribution in [1.82, 2.24) is 4.90 Å². The quantitative estimate of drug-likeness (QED) is 0.625. The molecule has 7 heteroatoms. The first-order chi connectivity index (χ1) is 10.0. The number of hydrogen-bond donors (Lipinski definition) is 0. The van der Waals surface area contributed by atoms with Gasteiger partial charge in [-0.2, -0.15) is 0 Å². The van der Waals surface area contributed by atoms with Crippen molar-refractivity contribution < 1.29 is 23.9 Å². The highest BCUT2D eigenvalue weighted by atomic mass is 32.2. The van der Waals surface area contributed by atoms with Crippen LogP contribution < -0.4 is 4.74 Å². The smallest absolute Gasteiger partial charge is 0.325 e. The molecule has 0 unspecified atom stereocenters. The summed E-state index contributed by atoms with van der Waals surface area (Å²) in [7, 11) is 2.77. The normalized spacial score (nSPS) is 16.5. The number of carbonyl (C=O) groups excluding carboxylic acids is 3. The molecule has 0 aliphatic carbocycles. The van der Waals surface area contributed by atoms with Crippen molar-refractivity contribution in [2.75, 3.05) is 20.8 Å². The molecular formula is C14H13NO5S. The summed E-state index contributed by atoms with van der Waals surface area (Å²) in [6.45, 7) is -0.374. The number of imide groups is 1. The van der Waals surface area contributed by atoms with Crippen LogP contribution in [-0.2, 0) is 14.3 Å². The van der Waals surface area contributed by atoms with E-state index in [1.165, 1.54) is 7.11 Å².